The summed E-state index contributed by atoms with van der Waals surface area (Å²) in [4.78, 5) is 0. The molecule has 0 aliphatic carbocycles. The van der Waals surface area contributed by atoms with E-state index >= 15 is 0 Å². The van der Waals surface area contributed by atoms with Crippen LogP contribution in [0.15, 0.2) is 119 Å². The minimum Gasteiger partial charge on any atom is -0.277 e. The molecule has 4 nitrogen and oxygen atoms in total. The van der Waals surface area contributed by atoms with Gasteiger partial charge in [0.1, 0.15) is 5.84 Å². The lowest BCUT2D eigenvalue weighted by molar-refractivity contribution is 0.371. The monoisotopic (exact) mass is 468 g/mol. The number of amidine groups is 1. The van der Waals surface area contributed by atoms with E-state index in [0.717, 1.165) is 29.2 Å². The summed E-state index contributed by atoms with van der Waals surface area (Å²) in [6.07, 6.45) is 0.805. The van der Waals surface area contributed by atoms with Crippen molar-refractivity contribution in [2.45, 2.75) is 26.3 Å². The molecule has 5 aromatic rings. The molecule has 0 saturated carbocycles. The van der Waals surface area contributed by atoms with E-state index in [1.54, 1.807) is 0 Å². The molecule has 5 aromatic carbocycles. The van der Waals surface area contributed by atoms with Crippen LogP contribution in [0.1, 0.15) is 36.1 Å². The van der Waals surface area contributed by atoms with E-state index < -0.39 is 0 Å². The van der Waals surface area contributed by atoms with Crippen molar-refractivity contribution in [3.63, 3.8) is 0 Å². The Kier molecular flexibility index (Phi) is 5.70. The van der Waals surface area contributed by atoms with Gasteiger partial charge < -0.3 is 0 Å². The zero-order valence-electron chi connectivity index (χ0n) is 20.5. The molecule has 1 atom stereocenters. The summed E-state index contributed by atoms with van der Waals surface area (Å²) in [5.74, 6) is 0.822. The fourth-order valence-electron chi connectivity index (χ4n) is 5.07. The van der Waals surface area contributed by atoms with E-state index in [4.69, 9.17) is 10.2 Å². The highest BCUT2D eigenvalue weighted by atomic mass is 15.5. The molecular weight excluding hydrogens is 440 g/mol. The van der Waals surface area contributed by atoms with Gasteiger partial charge in [0, 0.05) is 6.42 Å². The van der Waals surface area contributed by atoms with E-state index in [9.17, 15) is 0 Å². The van der Waals surface area contributed by atoms with E-state index in [0.29, 0.717) is 0 Å². The zero-order chi connectivity index (χ0) is 24.5. The maximum atomic E-state index is 5.15. The van der Waals surface area contributed by atoms with Gasteiger partial charge >= 0.3 is 0 Å². The van der Waals surface area contributed by atoms with E-state index in [1.165, 1.54) is 32.7 Å². The molecule has 1 heterocycles. The Hall–Kier alpha value is -4.44. The van der Waals surface area contributed by atoms with Crippen LogP contribution in [0, 0.1) is 6.92 Å². The topological polar surface area (TPSA) is 40.0 Å². The second kappa shape index (κ2) is 9.31. The first-order valence-electron chi connectivity index (χ1n) is 12.4. The van der Waals surface area contributed by atoms with Gasteiger partial charge in [-0.2, -0.15) is 10.2 Å². The molecule has 0 aromatic heterocycles. The van der Waals surface area contributed by atoms with Crippen LogP contribution in [0.25, 0.3) is 21.5 Å². The lowest BCUT2D eigenvalue weighted by atomic mass is 9.89. The molecule has 1 aliphatic rings. The average Bonchev–Trinajstić information content (AvgIpc) is 3.36. The van der Waals surface area contributed by atoms with Crippen molar-refractivity contribution < 1.29 is 0 Å². The predicted octanol–water partition coefficient (Wildman–Crippen LogP) is 7.90. The molecule has 1 aliphatic heterocycles. The first kappa shape index (κ1) is 22.1. The summed E-state index contributed by atoms with van der Waals surface area (Å²) < 4.78 is 0. The van der Waals surface area contributed by atoms with Crippen molar-refractivity contribution >= 4 is 38.8 Å². The highest BCUT2D eigenvalue weighted by Gasteiger charge is 2.33. The lowest BCUT2D eigenvalue weighted by Gasteiger charge is -2.26. The van der Waals surface area contributed by atoms with Gasteiger partial charge in [-0.15, -0.1) is 0 Å². The fourth-order valence-corrected chi connectivity index (χ4v) is 5.07. The number of hydrogen-bond donors (Lipinski definition) is 1. The van der Waals surface area contributed by atoms with Crippen molar-refractivity contribution in [2.24, 2.45) is 10.2 Å². The molecule has 0 saturated heterocycles. The van der Waals surface area contributed by atoms with Crippen molar-refractivity contribution in [1.82, 2.24) is 5.01 Å². The van der Waals surface area contributed by atoms with Gasteiger partial charge in [-0.05, 0) is 64.7 Å². The van der Waals surface area contributed by atoms with Crippen LogP contribution >= 0.6 is 0 Å². The number of nitrogens with one attached hydrogen (secondary N) is 1. The third kappa shape index (κ3) is 4.11. The van der Waals surface area contributed by atoms with Gasteiger partial charge in [0.15, 0.2) is 0 Å². The Bertz CT molecular complexity index is 1550. The van der Waals surface area contributed by atoms with Crippen LogP contribution in [-0.2, 0) is 0 Å². The Labute approximate surface area is 211 Å². The summed E-state index contributed by atoms with van der Waals surface area (Å²) in [6, 6.07) is 38.3. The minimum atomic E-state index is 0.0265. The second-order valence-electron chi connectivity index (χ2n) is 9.35. The zero-order valence-corrected chi connectivity index (χ0v) is 20.5. The van der Waals surface area contributed by atoms with Gasteiger partial charge in [0.25, 0.3) is 0 Å². The van der Waals surface area contributed by atoms with E-state index in [1.807, 2.05) is 37.3 Å². The highest BCUT2D eigenvalue weighted by Crippen LogP contribution is 2.41. The molecule has 0 amide bonds. The molecule has 176 valence electrons. The third-order valence-corrected chi connectivity index (χ3v) is 6.89. The van der Waals surface area contributed by atoms with Crippen molar-refractivity contribution in [2.75, 3.05) is 5.43 Å². The molecule has 0 spiro atoms. The summed E-state index contributed by atoms with van der Waals surface area (Å²) >= 11 is 0. The minimum absolute atomic E-state index is 0.0265. The number of nitrogens with zero attached hydrogens (tertiary/aromatic N) is 3. The van der Waals surface area contributed by atoms with Gasteiger partial charge in [-0.25, -0.2) is 5.01 Å². The van der Waals surface area contributed by atoms with Gasteiger partial charge in [-0.3, -0.25) is 5.43 Å². The number of para-hydroxylation sites is 1. The maximum absolute atomic E-state index is 5.15. The Morgan fingerprint density at radius 1 is 0.806 bits per heavy atom. The maximum Gasteiger partial charge on any atom is 0.142 e. The summed E-state index contributed by atoms with van der Waals surface area (Å²) in [5, 5.41) is 17.0. The van der Waals surface area contributed by atoms with Crippen LogP contribution in [0.3, 0.4) is 0 Å². The normalized spacial score (nSPS) is 15.9. The molecule has 1 unspecified atom stereocenters. The number of hydrogen-bond acceptors (Lipinski definition) is 3. The van der Waals surface area contributed by atoms with Crippen LogP contribution in [0.5, 0.6) is 0 Å². The number of benzene rings is 5. The van der Waals surface area contributed by atoms with Crippen LogP contribution < -0.4 is 5.43 Å². The van der Waals surface area contributed by atoms with Crippen molar-refractivity contribution in [3.05, 3.63) is 126 Å². The smallest absolute Gasteiger partial charge is 0.142 e. The standard InChI is InChI=1S/C32H28N4/c1-22-16-18-24(19-17-22)30-21-31(36(35-30)23(2)33-34-27-12-4-3-5-13-27)32-28-14-8-6-10-25(28)20-26-11-7-9-15-29(26)32/h3-20,31,34H,21H2,1-2H3/b33-23-. The first-order chi connectivity index (χ1) is 17.7. The highest BCUT2D eigenvalue weighted by molar-refractivity contribution is 6.07. The average molecular weight is 469 g/mol. The predicted molar refractivity (Wildman–Crippen MR) is 152 cm³/mol. The number of hydrazone groups is 2. The number of rotatable bonds is 4. The molecule has 0 bridgehead atoms. The Morgan fingerprint density at radius 3 is 2.08 bits per heavy atom. The van der Waals surface area contributed by atoms with Crippen molar-refractivity contribution in [1.29, 1.82) is 0 Å². The molecular formula is C32H28N4. The molecule has 0 fully saturated rings. The Morgan fingerprint density at radius 2 is 1.42 bits per heavy atom. The number of anilines is 1. The van der Waals surface area contributed by atoms with Crippen molar-refractivity contribution in [3.8, 4) is 0 Å². The SMILES string of the molecule is C/C(=N/Nc1ccccc1)N1N=C(c2ccc(C)cc2)CC1c1c2ccccc2cc2ccccc12. The molecule has 36 heavy (non-hydrogen) atoms. The molecule has 4 heteroatoms. The summed E-state index contributed by atoms with van der Waals surface area (Å²) in [6.45, 7) is 4.14. The first-order valence-corrected chi connectivity index (χ1v) is 12.4. The van der Waals surface area contributed by atoms with Gasteiger partial charge in [-0.1, -0.05) is 96.6 Å². The largest absolute Gasteiger partial charge is 0.277 e. The van der Waals surface area contributed by atoms with E-state index in [2.05, 4.69) is 96.2 Å². The number of fused-ring (bicyclic) bond motifs is 2. The van der Waals surface area contributed by atoms with Crippen LogP contribution in [0.2, 0.25) is 0 Å². The quantitative estimate of drug-likeness (QED) is 0.126. The molecule has 6 rings (SSSR count). The summed E-state index contributed by atoms with van der Waals surface area (Å²) in [7, 11) is 0. The van der Waals surface area contributed by atoms with Crippen LogP contribution in [0.4, 0.5) is 5.69 Å². The summed E-state index contributed by atoms with van der Waals surface area (Å²) in [5.41, 5.74) is 8.93. The third-order valence-electron chi connectivity index (χ3n) is 6.89. The lowest BCUT2D eigenvalue weighted by Crippen LogP contribution is -2.26. The Balaban J connectivity index is 1.49. The molecule has 1 N–H and O–H groups in total. The second-order valence-corrected chi connectivity index (χ2v) is 9.35. The van der Waals surface area contributed by atoms with Gasteiger partial charge in [0.05, 0.1) is 17.4 Å². The number of aryl methyl sites for hydroxylation is 1. The molecule has 0 radical (unpaired) electrons. The van der Waals surface area contributed by atoms with Gasteiger partial charge in [0.2, 0.25) is 0 Å². The van der Waals surface area contributed by atoms with Crippen LogP contribution in [-0.4, -0.2) is 16.6 Å². The van der Waals surface area contributed by atoms with E-state index in [-0.39, 0.29) is 6.04 Å². The fraction of sp³-hybridized carbons (Fsp3) is 0.125.